The second kappa shape index (κ2) is 6.84. The van der Waals surface area contributed by atoms with E-state index >= 15 is 0 Å². The summed E-state index contributed by atoms with van der Waals surface area (Å²) in [6, 6.07) is 4.70. The molecule has 3 aromatic rings. The molecule has 0 saturated heterocycles. The van der Waals surface area contributed by atoms with Crippen LogP contribution in [0.3, 0.4) is 0 Å². The largest absolute Gasteiger partial charge is 0.454 e. The Balaban J connectivity index is 1.86. The van der Waals surface area contributed by atoms with Gasteiger partial charge in [-0.1, -0.05) is 6.07 Å². The van der Waals surface area contributed by atoms with Crippen molar-refractivity contribution in [2.45, 2.75) is 32.9 Å². The summed E-state index contributed by atoms with van der Waals surface area (Å²) in [6.07, 6.45) is 5.05. The molecule has 7 nitrogen and oxygen atoms in total. The fraction of sp³-hybridized carbons (Fsp3) is 0.294. The predicted molar refractivity (Wildman–Crippen MR) is 87.8 cm³/mol. The van der Waals surface area contributed by atoms with Crippen molar-refractivity contribution in [3.8, 4) is 5.69 Å². The summed E-state index contributed by atoms with van der Waals surface area (Å²) in [4.78, 5) is 16.2. The number of hydrogen-bond acceptors (Lipinski definition) is 5. The summed E-state index contributed by atoms with van der Waals surface area (Å²) < 4.78 is 22.9. The number of halogens is 1. The van der Waals surface area contributed by atoms with E-state index in [9.17, 15) is 9.18 Å². The van der Waals surface area contributed by atoms with Crippen molar-refractivity contribution < 1.29 is 13.9 Å². The summed E-state index contributed by atoms with van der Waals surface area (Å²) in [7, 11) is 0. The van der Waals surface area contributed by atoms with Gasteiger partial charge in [0.2, 0.25) is 0 Å². The Bertz CT molecular complexity index is 873. The zero-order chi connectivity index (χ0) is 18.0. The summed E-state index contributed by atoms with van der Waals surface area (Å²) in [5.41, 5.74) is 1.02. The second-order valence-corrected chi connectivity index (χ2v) is 5.86. The van der Waals surface area contributed by atoms with E-state index in [1.807, 2.05) is 13.8 Å². The Kier molecular flexibility index (Phi) is 4.60. The number of esters is 1. The fourth-order valence-electron chi connectivity index (χ4n) is 2.47. The van der Waals surface area contributed by atoms with Gasteiger partial charge in [0.15, 0.2) is 0 Å². The first-order valence-corrected chi connectivity index (χ1v) is 7.86. The molecule has 8 heteroatoms. The van der Waals surface area contributed by atoms with Crippen LogP contribution in [-0.2, 0) is 4.74 Å². The van der Waals surface area contributed by atoms with Crippen molar-refractivity contribution in [3.63, 3.8) is 0 Å². The summed E-state index contributed by atoms with van der Waals surface area (Å²) in [5, 5.41) is 8.13. The molecule has 0 amide bonds. The van der Waals surface area contributed by atoms with E-state index < -0.39 is 17.9 Å². The van der Waals surface area contributed by atoms with Crippen LogP contribution in [0.25, 0.3) is 5.69 Å². The Morgan fingerprint density at radius 2 is 2.04 bits per heavy atom. The van der Waals surface area contributed by atoms with Crippen molar-refractivity contribution in [2.24, 2.45) is 0 Å². The molecule has 0 aliphatic heterocycles. The van der Waals surface area contributed by atoms with Gasteiger partial charge in [-0.15, -0.1) is 0 Å². The van der Waals surface area contributed by atoms with Crippen LogP contribution in [0.1, 0.15) is 48.8 Å². The molecule has 0 bridgehead atoms. The van der Waals surface area contributed by atoms with Gasteiger partial charge in [-0.3, -0.25) is 4.68 Å². The highest BCUT2D eigenvalue weighted by atomic mass is 19.1. The highest BCUT2D eigenvalue weighted by molar-refractivity contribution is 5.89. The van der Waals surface area contributed by atoms with Gasteiger partial charge in [0.05, 0.1) is 23.0 Å². The molecule has 0 aliphatic rings. The van der Waals surface area contributed by atoms with Crippen LogP contribution in [0.4, 0.5) is 4.39 Å². The van der Waals surface area contributed by atoms with E-state index in [0.29, 0.717) is 11.3 Å². The molecule has 2 heterocycles. The number of carbonyl (C=O) groups excluding carboxylic acids is 1. The highest BCUT2D eigenvalue weighted by Crippen LogP contribution is 2.27. The summed E-state index contributed by atoms with van der Waals surface area (Å²) >= 11 is 0. The topological polar surface area (TPSA) is 74.8 Å². The quantitative estimate of drug-likeness (QED) is 0.666. The van der Waals surface area contributed by atoms with Crippen molar-refractivity contribution in [2.75, 3.05) is 0 Å². The second-order valence-electron chi connectivity index (χ2n) is 5.86. The first-order valence-electron chi connectivity index (χ1n) is 7.86. The zero-order valence-electron chi connectivity index (χ0n) is 14.1. The van der Waals surface area contributed by atoms with Gasteiger partial charge in [-0.2, -0.15) is 10.2 Å². The van der Waals surface area contributed by atoms with Gasteiger partial charge in [0, 0.05) is 12.2 Å². The van der Waals surface area contributed by atoms with Gasteiger partial charge < -0.3 is 4.74 Å². The number of ether oxygens (including phenoxy) is 1. The number of hydrogen-bond donors (Lipinski definition) is 0. The predicted octanol–water partition coefficient (Wildman–Crippen LogP) is 3.10. The first-order chi connectivity index (χ1) is 12.0. The lowest BCUT2D eigenvalue weighted by atomic mass is 10.1. The monoisotopic (exact) mass is 343 g/mol. The van der Waals surface area contributed by atoms with E-state index in [4.69, 9.17) is 4.74 Å². The van der Waals surface area contributed by atoms with Crippen molar-refractivity contribution in [1.29, 1.82) is 0 Å². The molecular formula is C17H18FN5O2. The van der Waals surface area contributed by atoms with Crippen LogP contribution in [0.15, 0.2) is 43.2 Å². The molecule has 130 valence electrons. The number of nitrogens with zero attached hydrogens (tertiary/aromatic N) is 5. The first kappa shape index (κ1) is 16.8. The third-order valence-corrected chi connectivity index (χ3v) is 3.75. The lowest BCUT2D eigenvalue weighted by molar-refractivity contribution is 0.0331. The van der Waals surface area contributed by atoms with E-state index in [0.717, 1.165) is 0 Å². The number of rotatable bonds is 5. The van der Waals surface area contributed by atoms with Crippen LogP contribution in [0.2, 0.25) is 0 Å². The highest BCUT2D eigenvalue weighted by Gasteiger charge is 2.22. The molecule has 0 saturated carbocycles. The van der Waals surface area contributed by atoms with E-state index in [1.54, 1.807) is 29.9 Å². The van der Waals surface area contributed by atoms with Crippen LogP contribution in [0, 0.1) is 5.82 Å². The van der Waals surface area contributed by atoms with Crippen LogP contribution >= 0.6 is 0 Å². The SMILES string of the molecule is CC(C)n1cc(C(=O)O[C@@H](C)c2c(F)cccc2-n2cncn2)cn1. The molecule has 25 heavy (non-hydrogen) atoms. The molecule has 1 aromatic carbocycles. The molecule has 0 spiro atoms. The summed E-state index contributed by atoms with van der Waals surface area (Å²) in [6.45, 7) is 5.52. The van der Waals surface area contributed by atoms with E-state index in [-0.39, 0.29) is 11.6 Å². The summed E-state index contributed by atoms with van der Waals surface area (Å²) in [5.74, 6) is -1.04. The van der Waals surface area contributed by atoms with Gasteiger partial charge in [0.25, 0.3) is 0 Å². The average molecular weight is 343 g/mol. The Labute approximate surface area is 144 Å². The molecule has 0 unspecified atom stereocenters. The van der Waals surface area contributed by atoms with Crippen LogP contribution in [-0.4, -0.2) is 30.5 Å². The van der Waals surface area contributed by atoms with Crippen LogP contribution in [0.5, 0.6) is 0 Å². The minimum atomic E-state index is -0.810. The van der Waals surface area contributed by atoms with Crippen molar-refractivity contribution in [3.05, 3.63) is 60.2 Å². The van der Waals surface area contributed by atoms with E-state index in [2.05, 4.69) is 15.2 Å². The average Bonchev–Trinajstić information content (AvgIpc) is 3.26. The van der Waals surface area contributed by atoms with Gasteiger partial charge in [-0.25, -0.2) is 18.9 Å². The molecule has 0 aliphatic carbocycles. The molecular weight excluding hydrogens is 325 g/mol. The third-order valence-electron chi connectivity index (χ3n) is 3.75. The maximum Gasteiger partial charge on any atom is 0.341 e. The normalized spacial score (nSPS) is 12.4. The molecule has 1 atom stereocenters. The zero-order valence-corrected chi connectivity index (χ0v) is 14.1. The Morgan fingerprint density at radius 1 is 1.24 bits per heavy atom. The maximum atomic E-state index is 14.4. The molecule has 3 rings (SSSR count). The minimum absolute atomic E-state index is 0.129. The lowest BCUT2D eigenvalue weighted by Gasteiger charge is -2.17. The molecule has 0 fully saturated rings. The van der Waals surface area contributed by atoms with E-state index in [1.165, 1.54) is 29.6 Å². The van der Waals surface area contributed by atoms with Crippen molar-refractivity contribution >= 4 is 5.97 Å². The number of carbonyl (C=O) groups is 1. The number of benzene rings is 1. The maximum absolute atomic E-state index is 14.4. The minimum Gasteiger partial charge on any atom is -0.454 e. The third kappa shape index (κ3) is 3.42. The fourth-order valence-corrected chi connectivity index (χ4v) is 2.47. The lowest BCUT2D eigenvalue weighted by Crippen LogP contribution is -2.13. The Hall–Kier alpha value is -3.03. The smallest absolute Gasteiger partial charge is 0.341 e. The standard InChI is InChI=1S/C17H18FN5O2/c1-11(2)22-8-13(7-20-22)17(24)25-12(3)16-14(18)5-4-6-15(16)23-10-19-9-21-23/h4-12H,1-3H3/t12-/m0/s1. The molecule has 2 aromatic heterocycles. The molecule has 0 radical (unpaired) electrons. The molecule has 0 N–H and O–H groups in total. The van der Waals surface area contributed by atoms with Gasteiger partial charge >= 0.3 is 5.97 Å². The van der Waals surface area contributed by atoms with Gasteiger partial charge in [0.1, 0.15) is 24.6 Å². The number of aromatic nitrogens is 5. The van der Waals surface area contributed by atoms with Crippen LogP contribution < -0.4 is 0 Å². The van der Waals surface area contributed by atoms with Gasteiger partial charge in [-0.05, 0) is 32.9 Å². The van der Waals surface area contributed by atoms with Crippen molar-refractivity contribution in [1.82, 2.24) is 24.5 Å². The Morgan fingerprint density at radius 3 is 2.68 bits per heavy atom.